The SMILES string of the molecule is Oc1ccc(Cl)cc1C=NCC1CCN(CC2COc3ccccc3O2)CC1. The largest absolute Gasteiger partial charge is 0.507 e. The molecule has 2 aliphatic rings. The number of hydrogen-bond donors (Lipinski definition) is 1. The van der Waals surface area contributed by atoms with Gasteiger partial charge in [-0.2, -0.15) is 0 Å². The Morgan fingerprint density at radius 2 is 1.93 bits per heavy atom. The second-order valence-corrected chi connectivity index (χ2v) is 7.88. The minimum Gasteiger partial charge on any atom is -0.507 e. The van der Waals surface area contributed by atoms with Gasteiger partial charge in [0.15, 0.2) is 11.5 Å². The topological polar surface area (TPSA) is 54.3 Å². The highest BCUT2D eigenvalue weighted by atomic mass is 35.5. The minimum atomic E-state index is 0.0790. The molecular formula is C22H25ClN2O3. The van der Waals surface area contributed by atoms with Crippen LogP contribution < -0.4 is 9.47 Å². The van der Waals surface area contributed by atoms with Gasteiger partial charge >= 0.3 is 0 Å². The quantitative estimate of drug-likeness (QED) is 0.770. The number of para-hydroxylation sites is 2. The first-order chi connectivity index (χ1) is 13.7. The highest BCUT2D eigenvalue weighted by molar-refractivity contribution is 6.30. The molecule has 4 rings (SSSR count). The van der Waals surface area contributed by atoms with E-state index in [2.05, 4.69) is 9.89 Å². The molecule has 1 atom stereocenters. The van der Waals surface area contributed by atoms with E-state index in [9.17, 15) is 5.11 Å². The lowest BCUT2D eigenvalue weighted by molar-refractivity contribution is 0.0483. The number of piperidine rings is 1. The molecule has 0 saturated carbocycles. The molecule has 1 fully saturated rings. The molecule has 0 spiro atoms. The molecule has 1 N–H and O–H groups in total. The Labute approximate surface area is 170 Å². The fourth-order valence-corrected chi connectivity index (χ4v) is 3.90. The highest BCUT2D eigenvalue weighted by Crippen LogP contribution is 2.31. The number of benzene rings is 2. The fraction of sp³-hybridized carbons (Fsp3) is 0.409. The molecule has 5 nitrogen and oxygen atoms in total. The Morgan fingerprint density at radius 1 is 1.14 bits per heavy atom. The number of nitrogens with zero attached hydrogens (tertiary/aromatic N) is 2. The van der Waals surface area contributed by atoms with Gasteiger partial charge in [0, 0.05) is 29.9 Å². The molecule has 28 heavy (non-hydrogen) atoms. The second kappa shape index (κ2) is 8.84. The Hall–Kier alpha value is -2.24. The minimum absolute atomic E-state index is 0.0790. The van der Waals surface area contributed by atoms with Crippen LogP contribution in [-0.2, 0) is 0 Å². The van der Waals surface area contributed by atoms with Crippen molar-refractivity contribution in [2.75, 3.05) is 32.8 Å². The van der Waals surface area contributed by atoms with Gasteiger partial charge in [-0.3, -0.25) is 9.89 Å². The summed E-state index contributed by atoms with van der Waals surface area (Å²) in [4.78, 5) is 6.98. The monoisotopic (exact) mass is 400 g/mol. The fourth-order valence-electron chi connectivity index (χ4n) is 3.72. The molecular weight excluding hydrogens is 376 g/mol. The van der Waals surface area contributed by atoms with E-state index >= 15 is 0 Å². The van der Waals surface area contributed by atoms with Crippen molar-refractivity contribution in [1.29, 1.82) is 0 Å². The van der Waals surface area contributed by atoms with Gasteiger partial charge in [-0.15, -0.1) is 0 Å². The summed E-state index contributed by atoms with van der Waals surface area (Å²) in [6.07, 6.45) is 4.03. The average Bonchev–Trinajstić information content (AvgIpc) is 2.72. The molecule has 1 unspecified atom stereocenters. The van der Waals surface area contributed by atoms with Crippen LogP contribution in [0.1, 0.15) is 18.4 Å². The summed E-state index contributed by atoms with van der Waals surface area (Å²) in [5, 5.41) is 10.4. The average molecular weight is 401 g/mol. The molecule has 148 valence electrons. The lowest BCUT2D eigenvalue weighted by atomic mass is 9.97. The first-order valence-corrected chi connectivity index (χ1v) is 10.1. The first-order valence-electron chi connectivity index (χ1n) is 9.76. The summed E-state index contributed by atoms with van der Waals surface area (Å²) < 4.78 is 11.9. The van der Waals surface area contributed by atoms with Crippen LogP contribution in [-0.4, -0.2) is 55.1 Å². The van der Waals surface area contributed by atoms with E-state index in [1.807, 2.05) is 24.3 Å². The van der Waals surface area contributed by atoms with Crippen LogP contribution in [0, 0.1) is 5.92 Å². The molecule has 0 amide bonds. The number of phenols is 1. The van der Waals surface area contributed by atoms with E-state index in [0.29, 0.717) is 23.1 Å². The number of rotatable bonds is 5. The van der Waals surface area contributed by atoms with Crippen LogP contribution in [0.5, 0.6) is 17.2 Å². The van der Waals surface area contributed by atoms with E-state index in [4.69, 9.17) is 21.1 Å². The number of ether oxygens (including phenoxy) is 2. The number of halogens is 1. The van der Waals surface area contributed by atoms with Crippen LogP contribution in [0.15, 0.2) is 47.5 Å². The number of likely N-dealkylation sites (tertiary alicyclic amines) is 1. The standard InChI is InChI=1S/C22H25ClN2O3/c23-18-5-6-20(26)17(11-18)13-24-12-16-7-9-25(10-8-16)14-19-15-27-21-3-1-2-4-22(21)28-19/h1-6,11,13,16,19,26H,7-10,12,14-15H2. The molecule has 2 aromatic carbocycles. The van der Waals surface area contributed by atoms with Crippen molar-refractivity contribution < 1.29 is 14.6 Å². The molecule has 6 heteroatoms. The normalized spacial score (nSPS) is 20.5. The molecule has 0 radical (unpaired) electrons. The molecule has 0 aliphatic carbocycles. The van der Waals surface area contributed by atoms with Crippen molar-refractivity contribution in [2.24, 2.45) is 10.9 Å². The summed E-state index contributed by atoms with van der Waals surface area (Å²) in [6.45, 7) is 4.36. The predicted molar refractivity (Wildman–Crippen MR) is 111 cm³/mol. The summed E-state index contributed by atoms with van der Waals surface area (Å²) >= 11 is 5.97. The Kier molecular flexibility index (Phi) is 6.03. The third kappa shape index (κ3) is 4.78. The van der Waals surface area contributed by atoms with Crippen molar-refractivity contribution in [2.45, 2.75) is 18.9 Å². The van der Waals surface area contributed by atoms with Crippen molar-refractivity contribution >= 4 is 17.8 Å². The van der Waals surface area contributed by atoms with Crippen molar-refractivity contribution in [3.8, 4) is 17.2 Å². The van der Waals surface area contributed by atoms with E-state index in [0.717, 1.165) is 50.5 Å². The Morgan fingerprint density at radius 3 is 2.75 bits per heavy atom. The summed E-state index contributed by atoms with van der Waals surface area (Å²) in [5.41, 5.74) is 0.666. The number of aromatic hydroxyl groups is 1. The Balaban J connectivity index is 1.22. The molecule has 1 saturated heterocycles. The van der Waals surface area contributed by atoms with Crippen LogP contribution in [0.4, 0.5) is 0 Å². The molecule has 0 aromatic heterocycles. The highest BCUT2D eigenvalue weighted by Gasteiger charge is 2.25. The zero-order valence-corrected chi connectivity index (χ0v) is 16.5. The maximum atomic E-state index is 9.85. The van der Waals surface area contributed by atoms with Gasteiger partial charge in [-0.1, -0.05) is 23.7 Å². The van der Waals surface area contributed by atoms with Crippen molar-refractivity contribution in [1.82, 2.24) is 4.90 Å². The third-order valence-corrected chi connectivity index (χ3v) is 5.56. The van der Waals surface area contributed by atoms with Crippen LogP contribution in [0.2, 0.25) is 5.02 Å². The Bertz CT molecular complexity index is 834. The van der Waals surface area contributed by atoms with Crippen LogP contribution in [0.3, 0.4) is 0 Å². The maximum Gasteiger partial charge on any atom is 0.161 e. The second-order valence-electron chi connectivity index (χ2n) is 7.44. The zero-order valence-electron chi connectivity index (χ0n) is 15.8. The molecule has 0 bridgehead atoms. The zero-order chi connectivity index (χ0) is 19.3. The smallest absolute Gasteiger partial charge is 0.161 e. The van der Waals surface area contributed by atoms with Gasteiger partial charge in [-0.05, 0) is 62.2 Å². The number of hydrogen-bond acceptors (Lipinski definition) is 5. The van der Waals surface area contributed by atoms with Gasteiger partial charge in [0.05, 0.1) is 0 Å². The maximum absolute atomic E-state index is 9.85. The van der Waals surface area contributed by atoms with Crippen LogP contribution >= 0.6 is 11.6 Å². The first kappa shape index (κ1) is 19.1. The molecule has 2 aromatic rings. The lowest BCUT2D eigenvalue weighted by Gasteiger charge is -2.35. The van der Waals surface area contributed by atoms with Gasteiger partial charge in [-0.25, -0.2) is 0 Å². The third-order valence-electron chi connectivity index (χ3n) is 5.32. The van der Waals surface area contributed by atoms with Crippen molar-refractivity contribution in [3.05, 3.63) is 53.1 Å². The van der Waals surface area contributed by atoms with Crippen molar-refractivity contribution in [3.63, 3.8) is 0 Å². The van der Waals surface area contributed by atoms with Gasteiger partial charge in [0.25, 0.3) is 0 Å². The lowest BCUT2D eigenvalue weighted by Crippen LogP contribution is -2.44. The molecule has 2 aliphatic heterocycles. The van der Waals surface area contributed by atoms with Crippen LogP contribution in [0.25, 0.3) is 0 Å². The summed E-state index contributed by atoms with van der Waals surface area (Å²) in [7, 11) is 0. The van der Waals surface area contributed by atoms with E-state index in [1.165, 1.54) is 0 Å². The van der Waals surface area contributed by atoms with E-state index in [-0.39, 0.29) is 11.9 Å². The number of phenolic OH excluding ortho intramolecular Hbond substituents is 1. The van der Waals surface area contributed by atoms with Gasteiger partial charge in [0.1, 0.15) is 18.5 Å². The number of aliphatic imine (C=N–C) groups is 1. The van der Waals surface area contributed by atoms with E-state index in [1.54, 1.807) is 24.4 Å². The van der Waals surface area contributed by atoms with Gasteiger partial charge in [0.2, 0.25) is 0 Å². The molecule has 2 heterocycles. The summed E-state index contributed by atoms with van der Waals surface area (Å²) in [5.74, 6) is 2.45. The van der Waals surface area contributed by atoms with Gasteiger partial charge < -0.3 is 14.6 Å². The van der Waals surface area contributed by atoms with E-state index < -0.39 is 0 Å². The summed E-state index contributed by atoms with van der Waals surface area (Å²) in [6, 6.07) is 12.8. The number of fused-ring (bicyclic) bond motifs is 1. The predicted octanol–water partition coefficient (Wildman–Crippen LogP) is 4.02.